The molecular formula is C68H116O6. The number of hydrogen-bond acceptors (Lipinski definition) is 6. The summed E-state index contributed by atoms with van der Waals surface area (Å²) in [5.41, 5.74) is 0. The van der Waals surface area contributed by atoms with Crippen LogP contribution in [0, 0.1) is 0 Å². The Bertz CT molecular complexity index is 1460. The summed E-state index contributed by atoms with van der Waals surface area (Å²) in [6.07, 6.45) is 82.7. The second-order valence-corrected chi connectivity index (χ2v) is 20.6. The van der Waals surface area contributed by atoms with Crippen LogP contribution in [0.1, 0.15) is 297 Å². The van der Waals surface area contributed by atoms with Gasteiger partial charge >= 0.3 is 17.9 Å². The summed E-state index contributed by atoms with van der Waals surface area (Å²) < 4.78 is 16.9. The van der Waals surface area contributed by atoms with Crippen molar-refractivity contribution < 1.29 is 28.6 Å². The van der Waals surface area contributed by atoms with Gasteiger partial charge in [-0.25, -0.2) is 0 Å². The van der Waals surface area contributed by atoms with Gasteiger partial charge in [0.1, 0.15) is 13.2 Å². The zero-order valence-electron chi connectivity index (χ0n) is 48.6. The van der Waals surface area contributed by atoms with Crippen molar-refractivity contribution in [2.45, 2.75) is 303 Å². The van der Waals surface area contributed by atoms with Gasteiger partial charge in [-0.3, -0.25) is 14.4 Å². The van der Waals surface area contributed by atoms with Crippen molar-refractivity contribution in [2.24, 2.45) is 0 Å². The maximum Gasteiger partial charge on any atom is 0.306 e. The summed E-state index contributed by atoms with van der Waals surface area (Å²) in [7, 11) is 0. The Balaban J connectivity index is 4.28. The van der Waals surface area contributed by atoms with E-state index in [0.717, 1.165) is 141 Å². The van der Waals surface area contributed by atoms with Crippen molar-refractivity contribution in [1.82, 2.24) is 0 Å². The van der Waals surface area contributed by atoms with E-state index in [4.69, 9.17) is 14.2 Å². The maximum atomic E-state index is 12.9. The second-order valence-electron chi connectivity index (χ2n) is 20.6. The minimum atomic E-state index is -0.791. The fourth-order valence-electron chi connectivity index (χ4n) is 8.62. The van der Waals surface area contributed by atoms with Crippen LogP contribution in [0.25, 0.3) is 0 Å². The Morgan fingerprint density at radius 1 is 0.284 bits per heavy atom. The van der Waals surface area contributed by atoms with E-state index in [2.05, 4.69) is 118 Å². The fraction of sp³-hybridized carbons (Fsp3) is 0.721. The first-order valence-corrected chi connectivity index (χ1v) is 31.2. The Labute approximate surface area is 457 Å². The van der Waals surface area contributed by atoms with Crippen LogP contribution in [0.2, 0.25) is 0 Å². The van der Waals surface area contributed by atoms with Gasteiger partial charge < -0.3 is 14.2 Å². The summed E-state index contributed by atoms with van der Waals surface area (Å²) in [5, 5.41) is 0. The van der Waals surface area contributed by atoms with Gasteiger partial charge in [0.05, 0.1) is 0 Å². The molecule has 0 radical (unpaired) electrons. The molecule has 6 heteroatoms. The summed E-state index contributed by atoms with van der Waals surface area (Å²) in [6.45, 7) is 6.44. The SMILES string of the molecule is CC/C=C\C/C=C\C/C=C\C/C=C\CCCCCCCCCCCCCCCCC(=O)OCC(COC(=O)CCCCCCC/C=C\C/C=C\CCC)OC(=O)CCCCCCC/C=C\C/C=C\CCCCCC. The minimum Gasteiger partial charge on any atom is -0.462 e. The van der Waals surface area contributed by atoms with Crippen molar-refractivity contribution in [1.29, 1.82) is 0 Å². The van der Waals surface area contributed by atoms with Crippen molar-refractivity contribution >= 4 is 17.9 Å². The lowest BCUT2D eigenvalue weighted by Crippen LogP contribution is -2.30. The van der Waals surface area contributed by atoms with Crippen molar-refractivity contribution in [3.63, 3.8) is 0 Å². The first kappa shape index (κ1) is 70.3. The zero-order chi connectivity index (χ0) is 53.6. The van der Waals surface area contributed by atoms with E-state index < -0.39 is 6.10 Å². The standard InChI is InChI=1S/C68H116O6/c1-4-7-10-13-16-19-22-25-27-29-30-31-32-33-34-35-36-37-38-39-41-43-46-49-52-55-58-61-67(70)73-64-65(63-72-66(69)60-57-54-51-48-45-42-24-21-18-15-12-9-6-3)74-68(71)62-59-56-53-50-47-44-40-28-26-23-20-17-14-11-8-5-2/h7,10,12,15-16,19-21,23-25,27-28,30-31,40,65H,4-6,8-9,11,13-14,17-18,22,26,29,32-39,41-64H2,1-3H3/b10-7-,15-12-,19-16-,23-20-,24-21-,27-25-,31-30-,40-28-. The topological polar surface area (TPSA) is 78.9 Å². The average molecular weight is 1030 g/mol. The number of allylic oxidation sites excluding steroid dienone is 16. The molecule has 0 aliphatic rings. The summed E-state index contributed by atoms with van der Waals surface area (Å²) >= 11 is 0. The lowest BCUT2D eigenvalue weighted by molar-refractivity contribution is -0.167. The van der Waals surface area contributed by atoms with Crippen LogP contribution >= 0.6 is 0 Å². The van der Waals surface area contributed by atoms with Gasteiger partial charge in [0.25, 0.3) is 0 Å². The molecule has 0 amide bonds. The van der Waals surface area contributed by atoms with Crippen molar-refractivity contribution in [3.8, 4) is 0 Å². The molecular weight excluding hydrogens is 913 g/mol. The van der Waals surface area contributed by atoms with Crippen molar-refractivity contribution in [3.05, 3.63) is 97.2 Å². The first-order valence-electron chi connectivity index (χ1n) is 31.2. The molecule has 6 nitrogen and oxygen atoms in total. The third-order valence-electron chi connectivity index (χ3n) is 13.3. The molecule has 0 heterocycles. The predicted octanol–water partition coefficient (Wildman–Crippen LogP) is 21.3. The molecule has 424 valence electrons. The lowest BCUT2D eigenvalue weighted by Gasteiger charge is -2.18. The molecule has 0 aliphatic heterocycles. The van der Waals surface area contributed by atoms with Gasteiger partial charge in [-0.1, -0.05) is 259 Å². The van der Waals surface area contributed by atoms with Crippen LogP contribution < -0.4 is 0 Å². The molecule has 74 heavy (non-hydrogen) atoms. The normalized spacial score (nSPS) is 12.7. The number of carbonyl (C=O) groups excluding carboxylic acids is 3. The summed E-state index contributed by atoms with van der Waals surface area (Å²) in [6, 6.07) is 0. The van der Waals surface area contributed by atoms with Gasteiger partial charge in [0.2, 0.25) is 0 Å². The molecule has 0 aliphatic carbocycles. The molecule has 0 saturated heterocycles. The molecule has 0 bridgehead atoms. The van der Waals surface area contributed by atoms with Crippen molar-refractivity contribution in [2.75, 3.05) is 13.2 Å². The largest absolute Gasteiger partial charge is 0.462 e. The van der Waals surface area contributed by atoms with E-state index in [0.29, 0.717) is 19.3 Å². The Kier molecular flexibility index (Phi) is 58.8. The predicted molar refractivity (Wildman–Crippen MR) is 320 cm³/mol. The third-order valence-corrected chi connectivity index (χ3v) is 13.3. The zero-order valence-corrected chi connectivity index (χ0v) is 48.6. The van der Waals surface area contributed by atoms with Crippen LogP contribution in [0.3, 0.4) is 0 Å². The highest BCUT2D eigenvalue weighted by atomic mass is 16.6. The van der Waals surface area contributed by atoms with Gasteiger partial charge in [0.15, 0.2) is 6.10 Å². The lowest BCUT2D eigenvalue weighted by atomic mass is 10.0. The molecule has 0 N–H and O–H groups in total. The van der Waals surface area contributed by atoms with E-state index in [9.17, 15) is 14.4 Å². The van der Waals surface area contributed by atoms with Gasteiger partial charge in [-0.2, -0.15) is 0 Å². The highest BCUT2D eigenvalue weighted by molar-refractivity contribution is 5.71. The molecule has 1 unspecified atom stereocenters. The fourth-order valence-corrected chi connectivity index (χ4v) is 8.62. The number of hydrogen-bond donors (Lipinski definition) is 0. The average Bonchev–Trinajstić information content (AvgIpc) is 3.40. The van der Waals surface area contributed by atoms with Crippen LogP contribution in [-0.2, 0) is 28.6 Å². The first-order chi connectivity index (χ1) is 36.5. The Morgan fingerprint density at radius 3 is 0.878 bits per heavy atom. The van der Waals surface area contributed by atoms with Crippen LogP contribution in [0.15, 0.2) is 97.2 Å². The highest BCUT2D eigenvalue weighted by Crippen LogP contribution is 2.16. The second kappa shape index (κ2) is 61.9. The van der Waals surface area contributed by atoms with Gasteiger partial charge in [-0.05, 0) is 116 Å². The molecule has 0 fully saturated rings. The number of esters is 3. The summed E-state index contributed by atoms with van der Waals surface area (Å²) in [4.78, 5) is 38.2. The molecule has 0 aromatic heterocycles. The van der Waals surface area contributed by atoms with Gasteiger partial charge in [0, 0.05) is 19.3 Å². The number of ether oxygens (including phenoxy) is 3. The van der Waals surface area contributed by atoms with E-state index in [1.54, 1.807) is 0 Å². The Morgan fingerprint density at radius 2 is 0.554 bits per heavy atom. The molecule has 0 spiro atoms. The molecule has 0 saturated carbocycles. The third kappa shape index (κ3) is 59.2. The number of carbonyl (C=O) groups is 3. The number of rotatable bonds is 56. The summed E-state index contributed by atoms with van der Waals surface area (Å²) in [5.74, 6) is -0.909. The molecule has 0 rings (SSSR count). The number of unbranched alkanes of at least 4 members (excludes halogenated alkanes) is 29. The van der Waals surface area contributed by atoms with E-state index >= 15 is 0 Å². The molecule has 0 aromatic rings. The smallest absolute Gasteiger partial charge is 0.306 e. The van der Waals surface area contributed by atoms with E-state index in [-0.39, 0.29) is 31.1 Å². The minimum absolute atomic E-state index is 0.0870. The Hall–Kier alpha value is -3.67. The van der Waals surface area contributed by atoms with Gasteiger partial charge in [-0.15, -0.1) is 0 Å². The van der Waals surface area contributed by atoms with Crippen LogP contribution in [0.5, 0.6) is 0 Å². The van der Waals surface area contributed by atoms with E-state index in [1.165, 1.54) is 116 Å². The molecule has 0 aromatic carbocycles. The maximum absolute atomic E-state index is 12.9. The highest BCUT2D eigenvalue weighted by Gasteiger charge is 2.19. The molecule has 1 atom stereocenters. The quantitative estimate of drug-likeness (QED) is 0.0261. The van der Waals surface area contributed by atoms with Crippen LogP contribution in [0.4, 0.5) is 0 Å². The van der Waals surface area contributed by atoms with Crippen LogP contribution in [-0.4, -0.2) is 37.2 Å². The van der Waals surface area contributed by atoms with E-state index in [1.807, 2.05) is 0 Å². The monoisotopic (exact) mass is 1030 g/mol.